The van der Waals surface area contributed by atoms with Gasteiger partial charge in [0, 0.05) is 30.3 Å². The van der Waals surface area contributed by atoms with Crippen LogP contribution in [0.15, 0.2) is 53.0 Å². The van der Waals surface area contributed by atoms with Crippen LogP contribution in [0.25, 0.3) is 0 Å². The standard InChI is InChI=1S/C18H23BrN2/c1-4-20-18(12-14-7-5-9-16(19)11-14)15-8-6-10-17(13-15)21(2)3/h5-11,13,18,20H,4,12H2,1-3H3. The van der Waals surface area contributed by atoms with Crippen molar-refractivity contribution < 1.29 is 0 Å². The molecule has 0 aromatic heterocycles. The van der Waals surface area contributed by atoms with E-state index in [1.54, 1.807) is 0 Å². The van der Waals surface area contributed by atoms with Gasteiger partial charge in [0.15, 0.2) is 0 Å². The summed E-state index contributed by atoms with van der Waals surface area (Å²) in [5.41, 5.74) is 3.92. The summed E-state index contributed by atoms with van der Waals surface area (Å²) in [5.74, 6) is 0. The Bertz CT molecular complexity index is 581. The third-order valence-electron chi connectivity index (χ3n) is 3.57. The Balaban J connectivity index is 2.24. The Hall–Kier alpha value is -1.32. The Morgan fingerprint density at radius 1 is 1.10 bits per heavy atom. The molecule has 1 atom stereocenters. The van der Waals surface area contributed by atoms with Crippen molar-refractivity contribution in [1.29, 1.82) is 0 Å². The second-order valence-corrected chi connectivity index (χ2v) is 6.35. The lowest BCUT2D eigenvalue weighted by Gasteiger charge is -2.21. The zero-order chi connectivity index (χ0) is 15.2. The van der Waals surface area contributed by atoms with Crippen molar-refractivity contribution in [2.24, 2.45) is 0 Å². The topological polar surface area (TPSA) is 15.3 Å². The van der Waals surface area contributed by atoms with Gasteiger partial charge in [-0.05, 0) is 48.4 Å². The maximum Gasteiger partial charge on any atom is 0.0364 e. The average molecular weight is 347 g/mol. The molecule has 21 heavy (non-hydrogen) atoms. The van der Waals surface area contributed by atoms with Crippen molar-refractivity contribution in [3.63, 3.8) is 0 Å². The van der Waals surface area contributed by atoms with Gasteiger partial charge in [0.1, 0.15) is 0 Å². The third-order valence-corrected chi connectivity index (χ3v) is 4.06. The number of hydrogen-bond acceptors (Lipinski definition) is 2. The van der Waals surface area contributed by atoms with Crippen molar-refractivity contribution in [3.8, 4) is 0 Å². The Morgan fingerprint density at radius 2 is 1.86 bits per heavy atom. The molecule has 0 aliphatic heterocycles. The van der Waals surface area contributed by atoms with Gasteiger partial charge in [0.05, 0.1) is 0 Å². The number of rotatable bonds is 6. The predicted octanol–water partition coefficient (Wildman–Crippen LogP) is 4.41. The van der Waals surface area contributed by atoms with E-state index in [9.17, 15) is 0 Å². The smallest absolute Gasteiger partial charge is 0.0364 e. The van der Waals surface area contributed by atoms with Crippen LogP contribution in [0.3, 0.4) is 0 Å². The zero-order valence-electron chi connectivity index (χ0n) is 12.9. The fourth-order valence-corrected chi connectivity index (χ4v) is 2.92. The molecule has 1 unspecified atom stereocenters. The molecule has 0 aliphatic rings. The molecular weight excluding hydrogens is 324 g/mol. The second-order valence-electron chi connectivity index (χ2n) is 5.43. The minimum atomic E-state index is 0.337. The quantitative estimate of drug-likeness (QED) is 0.833. The van der Waals surface area contributed by atoms with Crippen molar-refractivity contribution >= 4 is 21.6 Å². The minimum Gasteiger partial charge on any atom is -0.378 e. The highest BCUT2D eigenvalue weighted by Crippen LogP contribution is 2.23. The molecule has 2 aromatic carbocycles. The first kappa shape index (κ1) is 16.1. The van der Waals surface area contributed by atoms with E-state index in [1.807, 2.05) is 0 Å². The van der Waals surface area contributed by atoms with E-state index < -0.39 is 0 Å². The first-order valence-electron chi connectivity index (χ1n) is 7.35. The number of nitrogens with zero attached hydrogens (tertiary/aromatic N) is 1. The van der Waals surface area contributed by atoms with Gasteiger partial charge in [0.25, 0.3) is 0 Å². The van der Waals surface area contributed by atoms with Crippen LogP contribution in [-0.2, 0) is 6.42 Å². The van der Waals surface area contributed by atoms with E-state index in [1.165, 1.54) is 16.8 Å². The Morgan fingerprint density at radius 3 is 2.52 bits per heavy atom. The number of likely N-dealkylation sites (N-methyl/N-ethyl adjacent to an activating group) is 1. The van der Waals surface area contributed by atoms with E-state index in [0.717, 1.165) is 17.4 Å². The van der Waals surface area contributed by atoms with E-state index in [4.69, 9.17) is 0 Å². The molecular formula is C18H23BrN2. The van der Waals surface area contributed by atoms with Crippen LogP contribution in [0.5, 0.6) is 0 Å². The van der Waals surface area contributed by atoms with Gasteiger partial charge in [-0.2, -0.15) is 0 Å². The highest BCUT2D eigenvalue weighted by molar-refractivity contribution is 9.10. The molecule has 0 heterocycles. The van der Waals surface area contributed by atoms with Gasteiger partial charge < -0.3 is 10.2 Å². The summed E-state index contributed by atoms with van der Waals surface area (Å²) in [5, 5.41) is 3.60. The van der Waals surface area contributed by atoms with Gasteiger partial charge >= 0.3 is 0 Å². The summed E-state index contributed by atoms with van der Waals surface area (Å²) in [6.07, 6.45) is 0.990. The Kier molecular flexibility index (Phi) is 5.83. The first-order valence-corrected chi connectivity index (χ1v) is 8.14. The molecule has 0 aliphatic carbocycles. The van der Waals surface area contributed by atoms with Crippen LogP contribution in [0.2, 0.25) is 0 Å². The lowest BCUT2D eigenvalue weighted by molar-refractivity contribution is 0.550. The molecule has 0 fully saturated rings. The van der Waals surface area contributed by atoms with Crippen molar-refractivity contribution in [1.82, 2.24) is 5.32 Å². The normalized spacial score (nSPS) is 12.2. The van der Waals surface area contributed by atoms with Crippen molar-refractivity contribution in [3.05, 3.63) is 64.1 Å². The minimum absolute atomic E-state index is 0.337. The fraction of sp³-hybridized carbons (Fsp3) is 0.333. The van der Waals surface area contributed by atoms with Crippen LogP contribution in [0.1, 0.15) is 24.1 Å². The molecule has 1 N–H and O–H groups in total. The monoisotopic (exact) mass is 346 g/mol. The number of nitrogens with one attached hydrogen (secondary N) is 1. The van der Waals surface area contributed by atoms with Crippen LogP contribution >= 0.6 is 15.9 Å². The molecule has 0 amide bonds. The summed E-state index contributed by atoms with van der Waals surface area (Å²) in [6.45, 7) is 3.12. The van der Waals surface area contributed by atoms with Gasteiger partial charge in [-0.15, -0.1) is 0 Å². The van der Waals surface area contributed by atoms with Crippen LogP contribution in [0, 0.1) is 0 Å². The largest absolute Gasteiger partial charge is 0.378 e. The molecule has 0 saturated heterocycles. The summed E-state index contributed by atoms with van der Waals surface area (Å²) in [4.78, 5) is 2.14. The van der Waals surface area contributed by atoms with E-state index >= 15 is 0 Å². The van der Waals surface area contributed by atoms with E-state index in [0.29, 0.717) is 6.04 Å². The van der Waals surface area contributed by atoms with Gasteiger partial charge in [-0.25, -0.2) is 0 Å². The maximum atomic E-state index is 3.60. The first-order chi connectivity index (χ1) is 10.1. The fourth-order valence-electron chi connectivity index (χ4n) is 2.47. The highest BCUT2D eigenvalue weighted by Gasteiger charge is 2.12. The van der Waals surface area contributed by atoms with Gasteiger partial charge in [0.2, 0.25) is 0 Å². The van der Waals surface area contributed by atoms with E-state index in [-0.39, 0.29) is 0 Å². The lowest BCUT2D eigenvalue weighted by Crippen LogP contribution is -2.23. The predicted molar refractivity (Wildman–Crippen MR) is 95.0 cm³/mol. The van der Waals surface area contributed by atoms with Gasteiger partial charge in [-0.3, -0.25) is 0 Å². The Labute approximate surface area is 136 Å². The SMILES string of the molecule is CCNC(Cc1cccc(Br)c1)c1cccc(N(C)C)c1. The van der Waals surface area contributed by atoms with Crippen molar-refractivity contribution in [2.75, 3.05) is 25.5 Å². The summed E-state index contributed by atoms with van der Waals surface area (Å²) < 4.78 is 1.14. The molecule has 112 valence electrons. The number of benzene rings is 2. The number of anilines is 1. The molecule has 0 spiro atoms. The molecule has 2 rings (SSSR count). The zero-order valence-corrected chi connectivity index (χ0v) is 14.5. The molecule has 3 heteroatoms. The molecule has 2 nitrogen and oxygen atoms in total. The molecule has 0 radical (unpaired) electrons. The number of halogens is 1. The van der Waals surface area contributed by atoms with E-state index in [2.05, 4.69) is 95.7 Å². The summed E-state index contributed by atoms with van der Waals surface area (Å²) in [7, 11) is 4.16. The second kappa shape index (κ2) is 7.62. The summed E-state index contributed by atoms with van der Waals surface area (Å²) in [6, 6.07) is 17.6. The summed E-state index contributed by atoms with van der Waals surface area (Å²) >= 11 is 3.55. The lowest BCUT2D eigenvalue weighted by atomic mass is 9.98. The van der Waals surface area contributed by atoms with Gasteiger partial charge in [-0.1, -0.05) is 47.1 Å². The molecule has 0 bridgehead atoms. The molecule has 2 aromatic rings. The average Bonchev–Trinajstić information content (AvgIpc) is 2.47. The molecule has 0 saturated carbocycles. The van der Waals surface area contributed by atoms with Crippen molar-refractivity contribution in [2.45, 2.75) is 19.4 Å². The van der Waals surface area contributed by atoms with Crippen LogP contribution < -0.4 is 10.2 Å². The van der Waals surface area contributed by atoms with Crippen LogP contribution in [0.4, 0.5) is 5.69 Å². The third kappa shape index (κ3) is 4.58. The maximum absolute atomic E-state index is 3.60. The highest BCUT2D eigenvalue weighted by atomic mass is 79.9. The number of hydrogen-bond donors (Lipinski definition) is 1. The van der Waals surface area contributed by atoms with Crippen LogP contribution in [-0.4, -0.2) is 20.6 Å².